The number of carbonyl (C=O) groups excluding carboxylic acids is 2. The van der Waals surface area contributed by atoms with Gasteiger partial charge in [-0.1, -0.05) is 68.8 Å². The molecule has 2 amide bonds. The van der Waals surface area contributed by atoms with Gasteiger partial charge in [-0.2, -0.15) is 0 Å². The van der Waals surface area contributed by atoms with Crippen molar-refractivity contribution in [1.82, 2.24) is 10.2 Å². The van der Waals surface area contributed by atoms with Gasteiger partial charge in [0, 0.05) is 19.0 Å². The summed E-state index contributed by atoms with van der Waals surface area (Å²) in [5.41, 5.74) is 3.65. The lowest BCUT2D eigenvalue weighted by Gasteiger charge is -2.26. The molecule has 1 aliphatic heterocycles. The fourth-order valence-corrected chi connectivity index (χ4v) is 5.37. The zero-order valence-corrected chi connectivity index (χ0v) is 19.8. The molecule has 1 heterocycles. The summed E-state index contributed by atoms with van der Waals surface area (Å²) in [5.74, 6) is -1.17. The largest absolute Gasteiger partial charge is 0.481 e. The van der Waals surface area contributed by atoms with Crippen LogP contribution in [0, 0.1) is 5.41 Å². The van der Waals surface area contributed by atoms with Gasteiger partial charge in [0.25, 0.3) is 0 Å². The van der Waals surface area contributed by atoms with Crippen LogP contribution in [0.25, 0.3) is 11.1 Å². The fourth-order valence-electron chi connectivity index (χ4n) is 5.37. The zero-order chi connectivity index (χ0) is 24.3. The average molecular weight is 465 g/mol. The molecule has 4 rings (SSSR count). The maximum Gasteiger partial charge on any atom is 0.407 e. The number of ether oxygens (including phenoxy) is 1. The molecule has 180 valence electrons. The highest BCUT2D eigenvalue weighted by Crippen LogP contribution is 2.44. The molecule has 1 fully saturated rings. The minimum absolute atomic E-state index is 0.0577. The van der Waals surface area contributed by atoms with Crippen molar-refractivity contribution in [3.8, 4) is 11.1 Å². The van der Waals surface area contributed by atoms with Gasteiger partial charge in [-0.05, 0) is 41.5 Å². The Morgan fingerprint density at radius 2 is 1.71 bits per heavy atom. The molecular formula is C27H32N2O5. The molecule has 2 atom stereocenters. The normalized spacial score (nSPS) is 19.9. The number of amides is 2. The van der Waals surface area contributed by atoms with Gasteiger partial charge >= 0.3 is 12.1 Å². The van der Waals surface area contributed by atoms with Crippen molar-refractivity contribution in [2.24, 2.45) is 5.41 Å². The quantitative estimate of drug-likeness (QED) is 0.603. The molecule has 2 aromatic carbocycles. The van der Waals surface area contributed by atoms with E-state index in [1.54, 1.807) is 4.90 Å². The third-order valence-corrected chi connectivity index (χ3v) is 7.19. The first-order valence-corrected chi connectivity index (χ1v) is 12.0. The molecule has 0 radical (unpaired) electrons. The Morgan fingerprint density at radius 1 is 1.09 bits per heavy atom. The molecule has 2 N–H and O–H groups in total. The highest BCUT2D eigenvalue weighted by atomic mass is 16.5. The summed E-state index contributed by atoms with van der Waals surface area (Å²) in [7, 11) is 0. The van der Waals surface area contributed by atoms with Crippen LogP contribution in [-0.2, 0) is 14.3 Å². The van der Waals surface area contributed by atoms with Crippen molar-refractivity contribution in [2.45, 2.75) is 51.5 Å². The summed E-state index contributed by atoms with van der Waals surface area (Å²) in [4.78, 5) is 39.2. The molecule has 2 aliphatic rings. The van der Waals surface area contributed by atoms with E-state index in [4.69, 9.17) is 4.74 Å². The second kappa shape index (κ2) is 9.87. The number of likely N-dealkylation sites (tertiary alicyclic amines) is 1. The van der Waals surface area contributed by atoms with Crippen LogP contribution < -0.4 is 5.32 Å². The van der Waals surface area contributed by atoms with Crippen LogP contribution in [0.5, 0.6) is 0 Å². The lowest BCUT2D eigenvalue weighted by atomic mass is 9.83. The van der Waals surface area contributed by atoms with Crippen molar-refractivity contribution in [3.05, 3.63) is 59.7 Å². The standard InChI is InChI=1S/C27H32N2O5/c1-3-13-27(25(31)32)14-15-29(17-27)24(30)23(4-2)28-26(33)34-16-22-20-11-7-5-9-18(20)19-10-6-8-12-21(19)22/h5-12,22-23H,3-4,13-17H2,1-2H3,(H,28,33)(H,31,32)/t23-,27?/m0/s1. The van der Waals surface area contributed by atoms with Crippen molar-refractivity contribution >= 4 is 18.0 Å². The molecule has 0 aromatic heterocycles. The van der Waals surface area contributed by atoms with Gasteiger partial charge < -0.3 is 20.1 Å². The Morgan fingerprint density at radius 3 is 2.26 bits per heavy atom. The van der Waals surface area contributed by atoms with Crippen molar-refractivity contribution in [3.63, 3.8) is 0 Å². The molecule has 1 aliphatic carbocycles. The summed E-state index contributed by atoms with van der Waals surface area (Å²) in [5, 5.41) is 12.4. The Kier molecular flexibility index (Phi) is 6.91. The highest BCUT2D eigenvalue weighted by molar-refractivity contribution is 5.87. The van der Waals surface area contributed by atoms with Gasteiger partial charge in [-0.25, -0.2) is 4.79 Å². The summed E-state index contributed by atoms with van der Waals surface area (Å²) >= 11 is 0. The number of rotatable bonds is 8. The van der Waals surface area contributed by atoms with Crippen molar-refractivity contribution < 1.29 is 24.2 Å². The first-order chi connectivity index (χ1) is 16.4. The number of alkyl carbamates (subject to hydrolysis) is 1. The van der Waals surface area contributed by atoms with Gasteiger partial charge in [0.1, 0.15) is 12.6 Å². The van der Waals surface area contributed by atoms with Gasteiger partial charge in [0.05, 0.1) is 5.41 Å². The Bertz CT molecular complexity index is 1040. The van der Waals surface area contributed by atoms with E-state index in [2.05, 4.69) is 29.6 Å². The number of nitrogens with one attached hydrogen (secondary N) is 1. The third kappa shape index (κ3) is 4.39. The van der Waals surface area contributed by atoms with E-state index in [0.717, 1.165) is 28.7 Å². The number of carboxylic acids is 1. The van der Waals surface area contributed by atoms with Crippen LogP contribution >= 0.6 is 0 Å². The Labute approximate surface area is 200 Å². The molecule has 1 saturated heterocycles. The van der Waals surface area contributed by atoms with E-state index >= 15 is 0 Å². The Hall–Kier alpha value is -3.35. The van der Waals surface area contributed by atoms with E-state index in [0.29, 0.717) is 25.8 Å². The lowest BCUT2D eigenvalue weighted by molar-refractivity contribution is -0.149. The molecule has 0 spiro atoms. The van der Waals surface area contributed by atoms with Crippen molar-refractivity contribution in [2.75, 3.05) is 19.7 Å². The molecule has 7 heteroatoms. The minimum Gasteiger partial charge on any atom is -0.481 e. The summed E-state index contributed by atoms with van der Waals surface area (Å²) in [6, 6.07) is 15.5. The van der Waals surface area contributed by atoms with Gasteiger partial charge in [0.15, 0.2) is 0 Å². The number of hydrogen-bond donors (Lipinski definition) is 2. The van der Waals surface area contributed by atoms with E-state index in [9.17, 15) is 19.5 Å². The fraction of sp³-hybridized carbons (Fsp3) is 0.444. The maximum absolute atomic E-state index is 13.1. The number of nitrogens with zero attached hydrogens (tertiary/aromatic N) is 1. The Balaban J connectivity index is 1.38. The van der Waals surface area contributed by atoms with E-state index in [1.165, 1.54) is 0 Å². The van der Waals surface area contributed by atoms with Crippen LogP contribution in [-0.4, -0.2) is 53.7 Å². The highest BCUT2D eigenvalue weighted by Gasteiger charge is 2.46. The number of carbonyl (C=O) groups is 3. The smallest absolute Gasteiger partial charge is 0.407 e. The topological polar surface area (TPSA) is 95.9 Å². The molecular weight excluding hydrogens is 432 g/mol. The van der Waals surface area contributed by atoms with Gasteiger partial charge in [0.2, 0.25) is 5.91 Å². The monoisotopic (exact) mass is 464 g/mol. The SMILES string of the molecule is CCCC1(C(=O)O)CCN(C(=O)[C@H](CC)NC(=O)OCC2c3ccccc3-c3ccccc32)C1. The average Bonchev–Trinajstić information content (AvgIpc) is 3.42. The molecule has 0 bridgehead atoms. The number of fused-ring (bicyclic) bond motifs is 3. The zero-order valence-electron chi connectivity index (χ0n) is 19.8. The van der Waals surface area contributed by atoms with Crippen LogP contribution in [0.1, 0.15) is 56.6 Å². The first-order valence-electron chi connectivity index (χ1n) is 12.0. The maximum atomic E-state index is 13.1. The molecule has 7 nitrogen and oxygen atoms in total. The predicted octanol–water partition coefficient (Wildman–Crippen LogP) is 4.41. The summed E-state index contributed by atoms with van der Waals surface area (Å²) in [6.07, 6.45) is 1.46. The van der Waals surface area contributed by atoms with E-state index in [-0.39, 0.29) is 25.0 Å². The second-order valence-electron chi connectivity index (χ2n) is 9.28. The first kappa shape index (κ1) is 23.8. The van der Waals surface area contributed by atoms with Crippen LogP contribution in [0.4, 0.5) is 4.79 Å². The summed E-state index contributed by atoms with van der Waals surface area (Å²) in [6.45, 7) is 4.50. The second-order valence-corrected chi connectivity index (χ2v) is 9.28. The number of aliphatic carboxylic acids is 1. The van der Waals surface area contributed by atoms with E-state index < -0.39 is 23.5 Å². The summed E-state index contributed by atoms with van der Waals surface area (Å²) < 4.78 is 5.59. The molecule has 34 heavy (non-hydrogen) atoms. The molecule has 2 aromatic rings. The lowest BCUT2D eigenvalue weighted by Crippen LogP contribution is -2.48. The van der Waals surface area contributed by atoms with Crippen LogP contribution in [0.3, 0.4) is 0 Å². The predicted molar refractivity (Wildman–Crippen MR) is 128 cm³/mol. The number of benzene rings is 2. The van der Waals surface area contributed by atoms with E-state index in [1.807, 2.05) is 38.1 Å². The third-order valence-electron chi connectivity index (χ3n) is 7.19. The number of carboxylic acid groups (broad SMARTS) is 1. The number of hydrogen-bond acceptors (Lipinski definition) is 4. The van der Waals surface area contributed by atoms with Crippen molar-refractivity contribution in [1.29, 1.82) is 0 Å². The van der Waals surface area contributed by atoms with Gasteiger partial charge in [-0.15, -0.1) is 0 Å². The van der Waals surface area contributed by atoms with Crippen LogP contribution in [0.15, 0.2) is 48.5 Å². The van der Waals surface area contributed by atoms with Gasteiger partial charge in [-0.3, -0.25) is 9.59 Å². The van der Waals surface area contributed by atoms with Crippen LogP contribution in [0.2, 0.25) is 0 Å². The molecule has 0 saturated carbocycles. The minimum atomic E-state index is -0.896. The molecule has 1 unspecified atom stereocenters.